The fraction of sp³-hybridized carbons (Fsp3) is 0.0556. The summed E-state index contributed by atoms with van der Waals surface area (Å²) in [5.74, 6) is -3.74. The fourth-order valence-corrected chi connectivity index (χ4v) is 2.90. The van der Waals surface area contributed by atoms with Crippen LogP contribution >= 0.6 is 0 Å². The molecule has 164 valence electrons. The van der Waals surface area contributed by atoms with Crippen molar-refractivity contribution in [1.29, 1.82) is 0 Å². The standard InChI is InChI=1S/C18H12F3N7O4/c19-18(20,21)17(30)32-28-16(29)9-3-7(1-2-11(9)22)13-12-14(31-27-15(12)23)10(6-24-13)8-4-25-26-5-8/h1-6H,22H2,(H2,23,27)(H,25,26)(H,28,29). The van der Waals surface area contributed by atoms with Crippen LogP contribution in [0.2, 0.25) is 0 Å². The number of aromatic nitrogens is 4. The minimum Gasteiger partial charge on any atom is -0.398 e. The van der Waals surface area contributed by atoms with Gasteiger partial charge in [-0.1, -0.05) is 11.2 Å². The first-order valence-corrected chi connectivity index (χ1v) is 8.68. The van der Waals surface area contributed by atoms with Crippen LogP contribution < -0.4 is 16.9 Å². The zero-order valence-corrected chi connectivity index (χ0v) is 15.7. The summed E-state index contributed by atoms with van der Waals surface area (Å²) in [7, 11) is 0. The summed E-state index contributed by atoms with van der Waals surface area (Å²) in [6.07, 6.45) is -0.640. The Kier molecular flexibility index (Phi) is 4.88. The number of carbonyl (C=O) groups excluding carboxylic acids is 2. The summed E-state index contributed by atoms with van der Waals surface area (Å²) in [6, 6.07) is 4.09. The molecule has 32 heavy (non-hydrogen) atoms. The average Bonchev–Trinajstić information content (AvgIpc) is 3.41. The summed E-state index contributed by atoms with van der Waals surface area (Å²) >= 11 is 0. The predicted octanol–water partition coefficient (Wildman–Crippen LogP) is 2.19. The number of nitrogens with one attached hydrogen (secondary N) is 2. The molecule has 1 amide bonds. The van der Waals surface area contributed by atoms with Crippen LogP contribution in [0.15, 0.2) is 41.3 Å². The second kappa shape index (κ2) is 7.57. The lowest BCUT2D eigenvalue weighted by Crippen LogP contribution is -2.34. The predicted molar refractivity (Wildman–Crippen MR) is 103 cm³/mol. The number of pyridine rings is 1. The lowest BCUT2D eigenvalue weighted by molar-refractivity contribution is -0.204. The van der Waals surface area contributed by atoms with Crippen LogP contribution in [0.1, 0.15) is 10.4 Å². The maximum Gasteiger partial charge on any atom is 0.493 e. The van der Waals surface area contributed by atoms with Crippen molar-refractivity contribution in [2.24, 2.45) is 0 Å². The number of aromatic amines is 1. The fourth-order valence-electron chi connectivity index (χ4n) is 2.90. The number of alkyl halides is 3. The molecule has 0 atom stereocenters. The van der Waals surface area contributed by atoms with Crippen LogP contribution in [0, 0.1) is 0 Å². The van der Waals surface area contributed by atoms with Gasteiger partial charge >= 0.3 is 12.1 Å². The van der Waals surface area contributed by atoms with E-state index in [2.05, 4.69) is 25.2 Å². The Morgan fingerprint density at radius 2 is 1.94 bits per heavy atom. The number of anilines is 2. The number of benzene rings is 1. The molecule has 4 aromatic rings. The van der Waals surface area contributed by atoms with Crippen molar-refractivity contribution < 1.29 is 32.1 Å². The Bertz CT molecular complexity index is 1330. The topological polar surface area (TPSA) is 175 Å². The molecule has 0 saturated heterocycles. The molecule has 0 aliphatic heterocycles. The molecule has 0 saturated carbocycles. The molecule has 0 bridgehead atoms. The number of rotatable bonds is 3. The normalized spacial score (nSPS) is 11.5. The Hall–Kier alpha value is -4.62. The molecule has 0 unspecified atom stereocenters. The molecule has 6 N–H and O–H groups in total. The Balaban J connectivity index is 1.73. The molecule has 3 heterocycles. The molecular formula is C18H12F3N7O4. The second-order valence-corrected chi connectivity index (χ2v) is 6.40. The van der Waals surface area contributed by atoms with Crippen molar-refractivity contribution in [3.63, 3.8) is 0 Å². The van der Waals surface area contributed by atoms with Crippen molar-refractivity contribution in [1.82, 2.24) is 25.8 Å². The highest BCUT2D eigenvalue weighted by Gasteiger charge is 2.42. The summed E-state index contributed by atoms with van der Waals surface area (Å²) < 4.78 is 42.1. The van der Waals surface area contributed by atoms with E-state index in [0.29, 0.717) is 27.7 Å². The molecule has 1 aromatic carbocycles. The molecule has 3 aromatic heterocycles. The van der Waals surface area contributed by atoms with E-state index in [1.54, 1.807) is 12.4 Å². The van der Waals surface area contributed by atoms with Gasteiger partial charge in [-0.2, -0.15) is 23.8 Å². The summed E-state index contributed by atoms with van der Waals surface area (Å²) in [5.41, 5.74) is 14.9. The van der Waals surface area contributed by atoms with Gasteiger partial charge in [0, 0.05) is 34.8 Å². The molecule has 0 spiro atoms. The molecule has 11 nitrogen and oxygen atoms in total. The van der Waals surface area contributed by atoms with E-state index in [-0.39, 0.29) is 22.8 Å². The zero-order valence-electron chi connectivity index (χ0n) is 15.7. The summed E-state index contributed by atoms with van der Waals surface area (Å²) in [6.45, 7) is 0. The van der Waals surface area contributed by atoms with Crippen LogP contribution in [-0.4, -0.2) is 38.4 Å². The van der Waals surface area contributed by atoms with E-state index in [1.807, 2.05) is 0 Å². The number of amides is 1. The first-order chi connectivity index (χ1) is 15.2. The first-order valence-electron chi connectivity index (χ1n) is 8.68. The highest BCUT2D eigenvalue weighted by atomic mass is 19.4. The maximum atomic E-state index is 12.3. The third-order valence-corrected chi connectivity index (χ3v) is 4.37. The van der Waals surface area contributed by atoms with Gasteiger partial charge in [-0.3, -0.25) is 14.9 Å². The van der Waals surface area contributed by atoms with Crippen LogP contribution in [-0.2, 0) is 9.63 Å². The Morgan fingerprint density at radius 3 is 2.62 bits per heavy atom. The van der Waals surface area contributed by atoms with Crippen LogP contribution in [0.3, 0.4) is 0 Å². The van der Waals surface area contributed by atoms with Gasteiger partial charge < -0.3 is 20.8 Å². The van der Waals surface area contributed by atoms with Gasteiger partial charge in [0.1, 0.15) is 0 Å². The highest BCUT2D eigenvalue weighted by Crippen LogP contribution is 2.37. The molecule has 0 aliphatic rings. The quantitative estimate of drug-likeness (QED) is 0.271. The van der Waals surface area contributed by atoms with Gasteiger partial charge in [0.25, 0.3) is 5.91 Å². The minimum absolute atomic E-state index is 0.0229. The number of hydroxylamine groups is 1. The second-order valence-electron chi connectivity index (χ2n) is 6.40. The van der Waals surface area contributed by atoms with Gasteiger partial charge in [-0.25, -0.2) is 4.79 Å². The SMILES string of the molecule is Nc1ccc(-c2ncc(-c3cn[nH]c3)c3onc(N)c23)cc1C(=O)NOC(=O)C(F)(F)F. The average molecular weight is 447 g/mol. The van der Waals surface area contributed by atoms with E-state index >= 15 is 0 Å². The number of hydrogen-bond acceptors (Lipinski definition) is 9. The van der Waals surface area contributed by atoms with Gasteiger partial charge in [0.05, 0.1) is 22.8 Å². The van der Waals surface area contributed by atoms with Crippen LogP contribution in [0.4, 0.5) is 24.7 Å². The lowest BCUT2D eigenvalue weighted by atomic mass is 10.0. The first kappa shape index (κ1) is 20.6. The molecule has 4 rings (SSSR count). The minimum atomic E-state index is -5.28. The number of carbonyl (C=O) groups is 2. The van der Waals surface area contributed by atoms with Gasteiger partial charge in [-0.15, -0.1) is 0 Å². The Labute approximate surface area is 175 Å². The van der Waals surface area contributed by atoms with E-state index in [0.717, 1.165) is 0 Å². The summed E-state index contributed by atoms with van der Waals surface area (Å²) in [5, 5.41) is 10.6. The van der Waals surface area contributed by atoms with E-state index in [4.69, 9.17) is 16.0 Å². The van der Waals surface area contributed by atoms with Gasteiger partial charge in [-0.05, 0) is 12.1 Å². The Morgan fingerprint density at radius 1 is 1.16 bits per heavy atom. The van der Waals surface area contributed by atoms with E-state index in [1.165, 1.54) is 29.9 Å². The van der Waals surface area contributed by atoms with Crippen molar-refractivity contribution in [3.05, 3.63) is 42.4 Å². The van der Waals surface area contributed by atoms with E-state index in [9.17, 15) is 22.8 Å². The van der Waals surface area contributed by atoms with Crippen molar-refractivity contribution in [3.8, 4) is 22.4 Å². The smallest absolute Gasteiger partial charge is 0.398 e. The molecule has 0 aliphatic carbocycles. The number of nitrogens with two attached hydrogens (primary N) is 2. The van der Waals surface area contributed by atoms with Crippen LogP contribution in [0.5, 0.6) is 0 Å². The number of hydrogen-bond donors (Lipinski definition) is 4. The third kappa shape index (κ3) is 3.64. The molecule has 0 radical (unpaired) electrons. The lowest BCUT2D eigenvalue weighted by Gasteiger charge is -2.11. The maximum absolute atomic E-state index is 12.3. The summed E-state index contributed by atoms with van der Waals surface area (Å²) in [4.78, 5) is 31.2. The van der Waals surface area contributed by atoms with Gasteiger partial charge in [0.15, 0.2) is 11.4 Å². The van der Waals surface area contributed by atoms with Crippen molar-refractivity contribution in [2.45, 2.75) is 6.18 Å². The molecule has 14 heteroatoms. The monoisotopic (exact) mass is 447 g/mol. The highest BCUT2D eigenvalue weighted by molar-refractivity contribution is 6.06. The van der Waals surface area contributed by atoms with Crippen molar-refractivity contribution in [2.75, 3.05) is 11.5 Å². The third-order valence-electron chi connectivity index (χ3n) is 4.37. The molecule has 0 fully saturated rings. The largest absolute Gasteiger partial charge is 0.493 e. The number of fused-ring (bicyclic) bond motifs is 1. The number of halogens is 3. The van der Waals surface area contributed by atoms with Crippen LogP contribution in [0.25, 0.3) is 33.4 Å². The number of H-pyrrole nitrogens is 1. The molecular weight excluding hydrogens is 435 g/mol. The van der Waals surface area contributed by atoms with Crippen molar-refractivity contribution >= 4 is 34.4 Å². The van der Waals surface area contributed by atoms with E-state index < -0.39 is 18.1 Å². The number of nitrogen functional groups attached to an aromatic ring is 2. The number of nitrogens with zero attached hydrogens (tertiary/aromatic N) is 3. The van der Waals surface area contributed by atoms with Gasteiger partial charge in [0.2, 0.25) is 0 Å². The zero-order chi connectivity index (χ0) is 23.0.